The summed E-state index contributed by atoms with van der Waals surface area (Å²) in [5.74, 6) is -0.821. The molecule has 2 N–H and O–H groups in total. The van der Waals surface area contributed by atoms with Gasteiger partial charge in [-0.3, -0.25) is 9.69 Å². The van der Waals surface area contributed by atoms with Gasteiger partial charge in [-0.15, -0.1) is 0 Å². The van der Waals surface area contributed by atoms with E-state index >= 15 is 0 Å². The number of esters is 2. The van der Waals surface area contributed by atoms with Crippen LogP contribution < -0.4 is 10.6 Å². The van der Waals surface area contributed by atoms with E-state index in [4.69, 9.17) is 21.1 Å². The Kier molecular flexibility index (Phi) is 7.33. The van der Waals surface area contributed by atoms with Gasteiger partial charge in [0.25, 0.3) is 0 Å². The van der Waals surface area contributed by atoms with Crippen molar-refractivity contribution in [2.24, 2.45) is 5.92 Å². The molecule has 9 heteroatoms. The fraction of sp³-hybridized carbons (Fsp3) is 0.476. The van der Waals surface area contributed by atoms with Crippen molar-refractivity contribution in [3.63, 3.8) is 0 Å². The van der Waals surface area contributed by atoms with E-state index in [1.54, 1.807) is 31.2 Å². The summed E-state index contributed by atoms with van der Waals surface area (Å²) in [6.07, 6.45) is 1.33. The van der Waals surface area contributed by atoms with E-state index < -0.39 is 18.0 Å². The van der Waals surface area contributed by atoms with Crippen molar-refractivity contribution >= 4 is 29.6 Å². The van der Waals surface area contributed by atoms with E-state index in [1.165, 1.54) is 7.11 Å². The van der Waals surface area contributed by atoms with Crippen LogP contribution in [0.15, 0.2) is 35.5 Å². The molecule has 2 aliphatic rings. The van der Waals surface area contributed by atoms with Gasteiger partial charge in [0.05, 0.1) is 31.2 Å². The standard InChI is InChI=1S/C21H26ClN3O5/c1-3-30-19(26)13-8-10-25(11-9-13)12-16-17(20(27)29-2)18(24-21(28)23-16)14-6-4-5-7-15(14)22/h4-7,13,18H,3,8-12H2,1-2H3,(H2,23,24,28). The van der Waals surface area contributed by atoms with Gasteiger partial charge in [0.2, 0.25) is 0 Å². The van der Waals surface area contributed by atoms with Crippen LogP contribution >= 0.6 is 11.6 Å². The number of halogens is 1. The van der Waals surface area contributed by atoms with E-state index in [0.29, 0.717) is 60.9 Å². The highest BCUT2D eigenvalue weighted by atomic mass is 35.5. The Labute approximate surface area is 180 Å². The zero-order valence-electron chi connectivity index (χ0n) is 17.1. The Morgan fingerprint density at radius 1 is 1.23 bits per heavy atom. The number of amides is 2. The molecule has 2 amide bonds. The van der Waals surface area contributed by atoms with E-state index in [1.807, 2.05) is 0 Å². The number of nitrogens with one attached hydrogen (secondary N) is 2. The normalized spacial score (nSPS) is 20.4. The zero-order valence-corrected chi connectivity index (χ0v) is 17.8. The molecule has 0 spiro atoms. The number of nitrogens with zero attached hydrogens (tertiary/aromatic N) is 1. The van der Waals surface area contributed by atoms with Crippen molar-refractivity contribution in [2.45, 2.75) is 25.8 Å². The van der Waals surface area contributed by atoms with E-state index in [-0.39, 0.29) is 11.9 Å². The Morgan fingerprint density at radius 3 is 2.57 bits per heavy atom. The van der Waals surface area contributed by atoms with Gasteiger partial charge < -0.3 is 20.1 Å². The van der Waals surface area contributed by atoms with Gasteiger partial charge in [0.1, 0.15) is 0 Å². The predicted octanol–water partition coefficient (Wildman–Crippen LogP) is 2.40. The number of carbonyl (C=O) groups is 3. The van der Waals surface area contributed by atoms with Gasteiger partial charge in [0.15, 0.2) is 0 Å². The molecule has 1 unspecified atom stereocenters. The Morgan fingerprint density at radius 2 is 1.93 bits per heavy atom. The lowest BCUT2D eigenvalue weighted by Gasteiger charge is -2.35. The largest absolute Gasteiger partial charge is 0.466 e. The molecule has 30 heavy (non-hydrogen) atoms. The lowest BCUT2D eigenvalue weighted by Crippen LogP contribution is -2.49. The number of hydrogen-bond donors (Lipinski definition) is 2. The third-order valence-corrected chi connectivity index (χ3v) is 5.71. The molecular formula is C21H26ClN3O5. The van der Waals surface area contributed by atoms with Gasteiger partial charge in [-0.2, -0.15) is 0 Å². The van der Waals surface area contributed by atoms with Crippen molar-refractivity contribution < 1.29 is 23.9 Å². The fourth-order valence-electron chi connectivity index (χ4n) is 3.85. The molecule has 0 aromatic heterocycles. The molecule has 0 bridgehead atoms. The number of likely N-dealkylation sites (tertiary alicyclic amines) is 1. The van der Waals surface area contributed by atoms with Gasteiger partial charge in [-0.25, -0.2) is 9.59 Å². The van der Waals surface area contributed by atoms with Crippen LogP contribution in [0.4, 0.5) is 4.79 Å². The second-order valence-electron chi connectivity index (χ2n) is 7.24. The van der Waals surface area contributed by atoms with Crippen LogP contribution in [0.2, 0.25) is 5.02 Å². The van der Waals surface area contributed by atoms with Gasteiger partial charge >= 0.3 is 18.0 Å². The van der Waals surface area contributed by atoms with Crippen LogP contribution in [0.3, 0.4) is 0 Å². The first-order valence-corrected chi connectivity index (χ1v) is 10.3. The second kappa shape index (κ2) is 9.95. The fourth-order valence-corrected chi connectivity index (χ4v) is 4.09. The summed E-state index contributed by atoms with van der Waals surface area (Å²) < 4.78 is 10.1. The quantitative estimate of drug-likeness (QED) is 0.666. The highest BCUT2D eigenvalue weighted by molar-refractivity contribution is 6.31. The van der Waals surface area contributed by atoms with Gasteiger partial charge in [0, 0.05) is 17.3 Å². The van der Waals surface area contributed by atoms with Crippen LogP contribution in [-0.4, -0.2) is 56.2 Å². The second-order valence-corrected chi connectivity index (χ2v) is 7.65. The molecule has 0 radical (unpaired) electrons. The number of methoxy groups -OCH3 is 1. The summed E-state index contributed by atoms with van der Waals surface area (Å²) >= 11 is 6.33. The van der Waals surface area contributed by atoms with Crippen molar-refractivity contribution in [3.05, 3.63) is 46.1 Å². The van der Waals surface area contributed by atoms with Crippen molar-refractivity contribution in [2.75, 3.05) is 33.4 Å². The van der Waals surface area contributed by atoms with Crippen LogP contribution in [0.25, 0.3) is 0 Å². The minimum Gasteiger partial charge on any atom is -0.466 e. The van der Waals surface area contributed by atoms with Gasteiger partial charge in [-0.1, -0.05) is 29.8 Å². The van der Waals surface area contributed by atoms with Crippen molar-refractivity contribution in [1.82, 2.24) is 15.5 Å². The molecule has 8 nitrogen and oxygen atoms in total. The van der Waals surface area contributed by atoms with Crippen LogP contribution in [0.5, 0.6) is 0 Å². The molecule has 1 saturated heterocycles. The molecule has 2 aliphatic heterocycles. The number of rotatable bonds is 6. The van der Waals surface area contributed by atoms with Crippen LogP contribution in [0.1, 0.15) is 31.4 Å². The third-order valence-electron chi connectivity index (χ3n) is 5.36. The van der Waals surface area contributed by atoms with Gasteiger partial charge in [-0.05, 0) is 44.5 Å². The Hall–Kier alpha value is -2.58. The molecule has 1 aromatic rings. The average molecular weight is 436 g/mol. The molecule has 3 rings (SSSR count). The monoisotopic (exact) mass is 435 g/mol. The van der Waals surface area contributed by atoms with E-state index in [0.717, 1.165) is 0 Å². The van der Waals surface area contributed by atoms with Crippen molar-refractivity contribution in [1.29, 1.82) is 0 Å². The summed E-state index contributed by atoms with van der Waals surface area (Å²) in [6.45, 7) is 3.83. The molecule has 1 aromatic carbocycles. The number of piperidine rings is 1. The van der Waals surface area contributed by atoms with Crippen molar-refractivity contribution in [3.8, 4) is 0 Å². The first-order chi connectivity index (χ1) is 14.4. The number of ether oxygens (including phenoxy) is 2. The maximum Gasteiger partial charge on any atom is 0.338 e. The summed E-state index contributed by atoms with van der Waals surface area (Å²) in [5, 5.41) is 5.97. The van der Waals surface area contributed by atoms with E-state index in [9.17, 15) is 14.4 Å². The lowest BCUT2D eigenvalue weighted by molar-refractivity contribution is -0.149. The number of benzene rings is 1. The summed E-state index contributed by atoms with van der Waals surface area (Å²) in [4.78, 5) is 39.0. The first-order valence-electron chi connectivity index (χ1n) is 9.96. The lowest BCUT2D eigenvalue weighted by atomic mass is 9.93. The zero-order chi connectivity index (χ0) is 21.7. The molecule has 1 atom stereocenters. The van der Waals surface area contributed by atoms with Crippen LogP contribution in [-0.2, 0) is 19.1 Å². The Balaban J connectivity index is 1.83. The first kappa shape index (κ1) is 22.1. The van der Waals surface area contributed by atoms with Crippen LogP contribution in [0, 0.1) is 5.92 Å². The number of hydrogen-bond acceptors (Lipinski definition) is 6. The third kappa shape index (κ3) is 4.94. The molecule has 0 aliphatic carbocycles. The minimum absolute atomic E-state index is 0.117. The molecule has 2 heterocycles. The highest BCUT2D eigenvalue weighted by Crippen LogP contribution is 2.32. The minimum atomic E-state index is -0.716. The summed E-state index contributed by atoms with van der Waals surface area (Å²) in [5.41, 5.74) is 1.41. The van der Waals surface area contributed by atoms with E-state index in [2.05, 4.69) is 15.5 Å². The summed E-state index contributed by atoms with van der Waals surface area (Å²) in [7, 11) is 1.30. The molecular weight excluding hydrogens is 410 g/mol. The maximum absolute atomic E-state index is 12.6. The molecule has 0 saturated carbocycles. The topological polar surface area (TPSA) is 97.0 Å². The molecule has 1 fully saturated rings. The maximum atomic E-state index is 12.6. The highest BCUT2D eigenvalue weighted by Gasteiger charge is 2.35. The summed E-state index contributed by atoms with van der Waals surface area (Å²) in [6, 6.07) is 5.93. The molecule has 162 valence electrons. The number of urea groups is 1. The SMILES string of the molecule is CCOC(=O)C1CCN(CC2=C(C(=O)OC)C(c3ccccc3Cl)NC(=O)N2)CC1. The Bertz CT molecular complexity index is 849. The number of carbonyl (C=O) groups excluding carboxylic acids is 3. The average Bonchev–Trinajstić information content (AvgIpc) is 2.74. The predicted molar refractivity (Wildman–Crippen MR) is 111 cm³/mol. The smallest absolute Gasteiger partial charge is 0.338 e.